The normalized spacial score (nSPS) is 19.0. The molecule has 0 bridgehead atoms. The standard InChI is InChI=1S/C15H17NO5/c17-13(16-15(14(18)19)5-1-6-15)10-3-4-11-12(9-10)21-8-2-7-20-11/h3-4,9H,1-2,5-8H2,(H,16,17)(H,18,19). The zero-order valence-electron chi connectivity index (χ0n) is 11.6. The van der Waals surface area contributed by atoms with Gasteiger partial charge in [-0.3, -0.25) is 4.79 Å². The van der Waals surface area contributed by atoms with E-state index in [-0.39, 0.29) is 0 Å². The van der Waals surface area contributed by atoms with Crippen molar-refractivity contribution in [1.29, 1.82) is 0 Å². The summed E-state index contributed by atoms with van der Waals surface area (Å²) in [5.41, 5.74) is -0.729. The van der Waals surface area contributed by atoms with Crippen LogP contribution in [-0.4, -0.2) is 35.7 Å². The Bertz CT molecular complexity index is 579. The highest BCUT2D eigenvalue weighted by atomic mass is 16.5. The third-order valence-electron chi connectivity index (χ3n) is 3.98. The first kappa shape index (κ1) is 13.7. The van der Waals surface area contributed by atoms with Gasteiger partial charge in [-0.2, -0.15) is 0 Å². The van der Waals surface area contributed by atoms with E-state index in [0.29, 0.717) is 43.1 Å². The summed E-state index contributed by atoms with van der Waals surface area (Å²) in [6, 6.07) is 4.91. The maximum atomic E-state index is 12.3. The smallest absolute Gasteiger partial charge is 0.329 e. The molecule has 6 heteroatoms. The van der Waals surface area contributed by atoms with Crippen LogP contribution in [0.1, 0.15) is 36.0 Å². The fourth-order valence-electron chi connectivity index (χ4n) is 2.52. The van der Waals surface area contributed by atoms with Crippen molar-refractivity contribution < 1.29 is 24.2 Å². The number of ether oxygens (including phenoxy) is 2. The van der Waals surface area contributed by atoms with Gasteiger partial charge in [0.25, 0.3) is 5.91 Å². The van der Waals surface area contributed by atoms with Crippen LogP contribution in [0.15, 0.2) is 18.2 Å². The molecule has 2 aliphatic rings. The van der Waals surface area contributed by atoms with E-state index in [1.807, 2.05) is 0 Å². The van der Waals surface area contributed by atoms with Crippen molar-refractivity contribution in [2.24, 2.45) is 0 Å². The molecule has 6 nitrogen and oxygen atoms in total. The van der Waals surface area contributed by atoms with Crippen molar-refractivity contribution in [3.05, 3.63) is 23.8 Å². The molecule has 0 saturated heterocycles. The molecule has 1 aliphatic heterocycles. The molecule has 0 unspecified atom stereocenters. The van der Waals surface area contributed by atoms with Crippen molar-refractivity contribution in [3.8, 4) is 11.5 Å². The molecule has 3 rings (SSSR count). The van der Waals surface area contributed by atoms with Crippen LogP contribution in [0.25, 0.3) is 0 Å². The predicted molar refractivity (Wildman–Crippen MR) is 73.7 cm³/mol. The zero-order chi connectivity index (χ0) is 14.9. The van der Waals surface area contributed by atoms with Crippen molar-refractivity contribution in [3.63, 3.8) is 0 Å². The minimum Gasteiger partial charge on any atom is -0.490 e. The Labute approximate surface area is 122 Å². The number of hydrogen-bond acceptors (Lipinski definition) is 4. The number of fused-ring (bicyclic) bond motifs is 1. The van der Waals surface area contributed by atoms with Crippen LogP contribution < -0.4 is 14.8 Å². The molecule has 1 aromatic carbocycles. The summed E-state index contributed by atoms with van der Waals surface area (Å²) >= 11 is 0. The van der Waals surface area contributed by atoms with E-state index < -0.39 is 17.4 Å². The molecule has 1 fully saturated rings. The molecule has 1 heterocycles. The van der Waals surface area contributed by atoms with Gasteiger partial charge in [0, 0.05) is 12.0 Å². The minimum absolute atomic E-state index is 0.381. The lowest BCUT2D eigenvalue weighted by atomic mass is 9.76. The van der Waals surface area contributed by atoms with Gasteiger partial charge in [-0.25, -0.2) is 4.79 Å². The first-order valence-electron chi connectivity index (χ1n) is 7.06. The maximum Gasteiger partial charge on any atom is 0.329 e. The van der Waals surface area contributed by atoms with Crippen LogP contribution in [0.5, 0.6) is 11.5 Å². The molecule has 1 aliphatic carbocycles. The zero-order valence-corrected chi connectivity index (χ0v) is 11.6. The molecule has 0 aromatic heterocycles. The average Bonchev–Trinajstić information content (AvgIpc) is 2.66. The lowest BCUT2D eigenvalue weighted by molar-refractivity contribution is -0.148. The largest absolute Gasteiger partial charge is 0.490 e. The van der Waals surface area contributed by atoms with E-state index in [2.05, 4.69) is 5.32 Å². The molecule has 2 N–H and O–H groups in total. The quantitative estimate of drug-likeness (QED) is 0.883. The van der Waals surface area contributed by atoms with Crippen molar-refractivity contribution in [2.75, 3.05) is 13.2 Å². The summed E-state index contributed by atoms with van der Waals surface area (Å²) in [4.78, 5) is 23.5. The van der Waals surface area contributed by atoms with Gasteiger partial charge in [-0.05, 0) is 37.5 Å². The summed E-state index contributed by atoms with van der Waals surface area (Å²) in [7, 11) is 0. The van der Waals surface area contributed by atoms with Gasteiger partial charge in [0.1, 0.15) is 5.54 Å². The van der Waals surface area contributed by atoms with Crippen LogP contribution >= 0.6 is 0 Å². The Hall–Kier alpha value is -2.24. The number of carbonyl (C=O) groups is 2. The summed E-state index contributed by atoms with van der Waals surface area (Å²) < 4.78 is 11.0. The van der Waals surface area contributed by atoms with Gasteiger partial charge in [-0.1, -0.05) is 0 Å². The lowest BCUT2D eigenvalue weighted by Crippen LogP contribution is -2.59. The van der Waals surface area contributed by atoms with Gasteiger partial charge in [0.15, 0.2) is 11.5 Å². The third-order valence-corrected chi connectivity index (χ3v) is 3.98. The van der Waals surface area contributed by atoms with Gasteiger partial charge < -0.3 is 19.9 Å². The number of carboxylic acid groups (broad SMARTS) is 1. The third kappa shape index (κ3) is 2.53. The van der Waals surface area contributed by atoms with Gasteiger partial charge in [0.2, 0.25) is 0 Å². The number of rotatable bonds is 3. The number of aliphatic carboxylic acids is 1. The fraction of sp³-hybridized carbons (Fsp3) is 0.467. The van der Waals surface area contributed by atoms with Gasteiger partial charge >= 0.3 is 5.97 Å². The molecule has 0 spiro atoms. The summed E-state index contributed by atoms with van der Waals surface area (Å²) in [6.07, 6.45) is 2.54. The highest BCUT2D eigenvalue weighted by molar-refractivity contribution is 5.98. The Morgan fingerprint density at radius 2 is 1.81 bits per heavy atom. The van der Waals surface area contributed by atoms with Crippen LogP contribution in [0.2, 0.25) is 0 Å². The molecule has 1 saturated carbocycles. The topological polar surface area (TPSA) is 84.9 Å². The fourth-order valence-corrected chi connectivity index (χ4v) is 2.52. The van der Waals surface area contributed by atoms with Crippen molar-refractivity contribution in [1.82, 2.24) is 5.32 Å². The summed E-state index contributed by atoms with van der Waals surface area (Å²) in [6.45, 7) is 1.12. The number of hydrogen-bond donors (Lipinski definition) is 2. The first-order valence-corrected chi connectivity index (χ1v) is 7.06. The van der Waals surface area contributed by atoms with Crippen LogP contribution in [0.3, 0.4) is 0 Å². The predicted octanol–water partition coefficient (Wildman–Crippen LogP) is 1.58. The SMILES string of the molecule is O=C(NC1(C(=O)O)CCC1)c1ccc2c(c1)OCCCO2. The van der Waals surface area contributed by atoms with E-state index in [9.17, 15) is 14.7 Å². The van der Waals surface area contributed by atoms with Crippen LogP contribution in [-0.2, 0) is 4.79 Å². The Kier molecular flexibility index (Phi) is 3.45. The maximum absolute atomic E-state index is 12.3. The lowest BCUT2D eigenvalue weighted by Gasteiger charge is -2.38. The van der Waals surface area contributed by atoms with Gasteiger partial charge in [-0.15, -0.1) is 0 Å². The van der Waals surface area contributed by atoms with E-state index in [0.717, 1.165) is 12.8 Å². The van der Waals surface area contributed by atoms with E-state index in [4.69, 9.17) is 9.47 Å². The molecule has 21 heavy (non-hydrogen) atoms. The number of amides is 1. The van der Waals surface area contributed by atoms with Gasteiger partial charge in [0.05, 0.1) is 13.2 Å². The summed E-state index contributed by atoms with van der Waals surface area (Å²) in [5.74, 6) is -0.233. The molecule has 1 amide bonds. The monoisotopic (exact) mass is 291 g/mol. The molecular weight excluding hydrogens is 274 g/mol. The molecular formula is C15H17NO5. The second-order valence-electron chi connectivity index (χ2n) is 5.41. The molecule has 0 radical (unpaired) electrons. The first-order chi connectivity index (χ1) is 10.1. The van der Waals surface area contributed by atoms with Crippen LogP contribution in [0, 0.1) is 0 Å². The number of carboxylic acids is 1. The van der Waals surface area contributed by atoms with Crippen molar-refractivity contribution >= 4 is 11.9 Å². The molecule has 1 aromatic rings. The number of benzene rings is 1. The summed E-state index contributed by atoms with van der Waals surface area (Å²) in [5, 5.41) is 11.9. The number of nitrogens with one attached hydrogen (secondary N) is 1. The second kappa shape index (κ2) is 5.27. The Balaban J connectivity index is 1.79. The average molecular weight is 291 g/mol. The Morgan fingerprint density at radius 3 is 2.43 bits per heavy atom. The molecule has 112 valence electrons. The minimum atomic E-state index is -1.11. The van der Waals surface area contributed by atoms with E-state index in [1.165, 1.54) is 0 Å². The second-order valence-corrected chi connectivity index (χ2v) is 5.41. The highest BCUT2D eigenvalue weighted by Gasteiger charge is 2.45. The van der Waals surface area contributed by atoms with E-state index >= 15 is 0 Å². The molecule has 0 atom stereocenters. The van der Waals surface area contributed by atoms with E-state index in [1.54, 1.807) is 18.2 Å². The highest BCUT2D eigenvalue weighted by Crippen LogP contribution is 2.34. The Morgan fingerprint density at radius 1 is 1.10 bits per heavy atom. The van der Waals surface area contributed by atoms with Crippen LogP contribution in [0.4, 0.5) is 0 Å². The van der Waals surface area contributed by atoms with Crippen molar-refractivity contribution in [2.45, 2.75) is 31.2 Å². The number of carbonyl (C=O) groups excluding carboxylic acids is 1.